The van der Waals surface area contributed by atoms with E-state index in [2.05, 4.69) is 15.5 Å². The van der Waals surface area contributed by atoms with Crippen LogP contribution in [-0.4, -0.2) is 27.8 Å². The van der Waals surface area contributed by atoms with Crippen LogP contribution in [0.5, 0.6) is 0 Å². The highest BCUT2D eigenvalue weighted by Gasteiger charge is 2.29. The fourth-order valence-corrected chi connectivity index (χ4v) is 2.56. The molecule has 1 saturated carbocycles. The van der Waals surface area contributed by atoms with Crippen LogP contribution in [0.1, 0.15) is 46.7 Å². The number of aliphatic hydroxyl groups is 1. The standard InChI is InChI=1S/C18H17N3O4/c22-10-14(15-2-1-9-24-15)19-17(23)12-5-7-13(8-6-12)18-20-16(21-25-18)11-3-4-11/h1-2,5-9,11,14,22H,3-4,10H2,(H,19,23). The Morgan fingerprint density at radius 3 is 2.72 bits per heavy atom. The smallest absolute Gasteiger partial charge is 0.257 e. The maximum absolute atomic E-state index is 12.3. The van der Waals surface area contributed by atoms with Gasteiger partial charge in [0.1, 0.15) is 11.8 Å². The van der Waals surface area contributed by atoms with E-state index in [0.717, 1.165) is 24.2 Å². The van der Waals surface area contributed by atoms with Crippen LogP contribution in [0.2, 0.25) is 0 Å². The lowest BCUT2D eigenvalue weighted by atomic mass is 10.1. The Balaban J connectivity index is 1.46. The number of hydrogen-bond donors (Lipinski definition) is 2. The van der Waals surface area contributed by atoms with Crippen LogP contribution < -0.4 is 5.32 Å². The predicted molar refractivity (Wildman–Crippen MR) is 87.7 cm³/mol. The third-order valence-electron chi connectivity index (χ3n) is 4.15. The Bertz CT molecular complexity index is 851. The van der Waals surface area contributed by atoms with Crippen LogP contribution in [0.4, 0.5) is 0 Å². The Labute approximate surface area is 143 Å². The lowest BCUT2D eigenvalue weighted by Gasteiger charge is -2.13. The zero-order valence-electron chi connectivity index (χ0n) is 13.4. The summed E-state index contributed by atoms with van der Waals surface area (Å²) in [6.45, 7) is -0.247. The molecule has 1 atom stereocenters. The van der Waals surface area contributed by atoms with Gasteiger partial charge < -0.3 is 19.4 Å². The number of amides is 1. The number of rotatable bonds is 6. The first-order chi connectivity index (χ1) is 12.2. The molecule has 2 N–H and O–H groups in total. The monoisotopic (exact) mass is 339 g/mol. The molecule has 3 aromatic rings. The molecule has 7 heteroatoms. The van der Waals surface area contributed by atoms with Gasteiger partial charge in [-0.3, -0.25) is 4.79 Å². The van der Waals surface area contributed by atoms with Crippen molar-refractivity contribution < 1.29 is 18.8 Å². The van der Waals surface area contributed by atoms with E-state index in [1.165, 1.54) is 6.26 Å². The van der Waals surface area contributed by atoms with Gasteiger partial charge in [-0.2, -0.15) is 4.98 Å². The minimum absolute atomic E-state index is 0.247. The topological polar surface area (TPSA) is 101 Å². The first-order valence-corrected chi connectivity index (χ1v) is 8.14. The number of carbonyl (C=O) groups excluding carboxylic acids is 1. The average molecular weight is 339 g/mol. The number of aliphatic hydroxyl groups excluding tert-OH is 1. The second-order valence-electron chi connectivity index (χ2n) is 6.03. The molecule has 25 heavy (non-hydrogen) atoms. The van der Waals surface area contributed by atoms with Gasteiger partial charge in [-0.1, -0.05) is 5.16 Å². The van der Waals surface area contributed by atoms with Crippen molar-refractivity contribution in [3.05, 3.63) is 59.8 Å². The normalized spacial score (nSPS) is 15.1. The molecule has 0 saturated heterocycles. The highest BCUT2D eigenvalue weighted by Crippen LogP contribution is 2.38. The quantitative estimate of drug-likeness (QED) is 0.716. The minimum atomic E-state index is -0.584. The number of nitrogens with zero attached hydrogens (tertiary/aromatic N) is 2. The second kappa shape index (κ2) is 6.52. The number of carbonyl (C=O) groups is 1. The highest BCUT2D eigenvalue weighted by molar-refractivity contribution is 5.94. The van der Waals surface area contributed by atoms with E-state index >= 15 is 0 Å². The zero-order valence-corrected chi connectivity index (χ0v) is 13.4. The molecule has 2 heterocycles. The second-order valence-corrected chi connectivity index (χ2v) is 6.03. The molecular formula is C18H17N3O4. The molecule has 1 unspecified atom stereocenters. The van der Waals surface area contributed by atoms with Crippen molar-refractivity contribution in [3.8, 4) is 11.5 Å². The van der Waals surface area contributed by atoms with Crippen molar-refractivity contribution in [1.29, 1.82) is 0 Å². The predicted octanol–water partition coefficient (Wildman–Crippen LogP) is 2.67. The molecule has 4 rings (SSSR count). The van der Waals surface area contributed by atoms with Gasteiger partial charge in [0.05, 0.1) is 12.9 Å². The van der Waals surface area contributed by atoms with Gasteiger partial charge in [-0.15, -0.1) is 0 Å². The molecule has 1 amide bonds. The summed E-state index contributed by atoms with van der Waals surface area (Å²) in [7, 11) is 0. The fourth-order valence-electron chi connectivity index (χ4n) is 2.56. The summed E-state index contributed by atoms with van der Waals surface area (Å²) in [6, 6.07) is 9.72. The van der Waals surface area contributed by atoms with Crippen molar-refractivity contribution in [2.45, 2.75) is 24.8 Å². The minimum Gasteiger partial charge on any atom is -0.467 e. The van der Waals surface area contributed by atoms with Crippen molar-refractivity contribution >= 4 is 5.91 Å². The summed E-state index contributed by atoms with van der Waals surface area (Å²) >= 11 is 0. The van der Waals surface area contributed by atoms with Gasteiger partial charge in [-0.05, 0) is 49.2 Å². The van der Waals surface area contributed by atoms with Crippen LogP contribution in [-0.2, 0) is 0 Å². The van der Waals surface area contributed by atoms with Crippen LogP contribution in [0.25, 0.3) is 11.5 Å². The maximum atomic E-state index is 12.3. The summed E-state index contributed by atoms with van der Waals surface area (Å²) in [4.78, 5) is 16.7. The van der Waals surface area contributed by atoms with Gasteiger partial charge in [0.15, 0.2) is 5.82 Å². The fraction of sp³-hybridized carbons (Fsp3) is 0.278. The van der Waals surface area contributed by atoms with Crippen LogP contribution >= 0.6 is 0 Å². The van der Waals surface area contributed by atoms with E-state index in [1.807, 2.05) is 0 Å². The molecule has 2 aromatic heterocycles. The Morgan fingerprint density at radius 2 is 2.08 bits per heavy atom. The van der Waals surface area contributed by atoms with Gasteiger partial charge in [0.25, 0.3) is 11.8 Å². The van der Waals surface area contributed by atoms with Gasteiger partial charge in [0.2, 0.25) is 0 Å². The number of nitrogens with one attached hydrogen (secondary N) is 1. The summed E-state index contributed by atoms with van der Waals surface area (Å²) in [5.41, 5.74) is 1.23. The molecule has 128 valence electrons. The molecule has 0 bridgehead atoms. The summed E-state index contributed by atoms with van der Waals surface area (Å²) in [6.07, 6.45) is 3.72. The lowest BCUT2D eigenvalue weighted by Crippen LogP contribution is -2.30. The van der Waals surface area contributed by atoms with Gasteiger partial charge in [0, 0.05) is 17.0 Å². The number of aromatic nitrogens is 2. The molecular weight excluding hydrogens is 322 g/mol. The molecule has 1 fully saturated rings. The zero-order chi connectivity index (χ0) is 17.2. The molecule has 0 spiro atoms. The SMILES string of the molecule is O=C(NC(CO)c1ccco1)c1ccc(-c2nc(C3CC3)no2)cc1. The van der Waals surface area contributed by atoms with Crippen LogP contribution in [0, 0.1) is 0 Å². The van der Waals surface area contributed by atoms with Crippen molar-refractivity contribution in [2.75, 3.05) is 6.61 Å². The number of benzene rings is 1. The van der Waals surface area contributed by atoms with Gasteiger partial charge >= 0.3 is 0 Å². The first kappa shape index (κ1) is 15.6. The molecule has 1 aliphatic carbocycles. The maximum Gasteiger partial charge on any atom is 0.257 e. The lowest BCUT2D eigenvalue weighted by molar-refractivity contribution is 0.0907. The molecule has 0 radical (unpaired) electrons. The average Bonchev–Trinajstić information content (AvgIpc) is 3.14. The largest absolute Gasteiger partial charge is 0.467 e. The van der Waals surface area contributed by atoms with E-state index in [9.17, 15) is 9.90 Å². The van der Waals surface area contributed by atoms with E-state index in [0.29, 0.717) is 23.1 Å². The number of hydrogen-bond acceptors (Lipinski definition) is 6. The van der Waals surface area contributed by atoms with E-state index in [-0.39, 0.29) is 12.5 Å². The van der Waals surface area contributed by atoms with Crippen molar-refractivity contribution in [2.24, 2.45) is 0 Å². The van der Waals surface area contributed by atoms with Crippen LogP contribution in [0.15, 0.2) is 51.6 Å². The van der Waals surface area contributed by atoms with Crippen molar-refractivity contribution in [3.63, 3.8) is 0 Å². The Hall–Kier alpha value is -2.93. The summed E-state index contributed by atoms with van der Waals surface area (Å²) in [5.74, 6) is 1.84. The number of furan rings is 1. The van der Waals surface area contributed by atoms with E-state index in [1.54, 1.807) is 36.4 Å². The van der Waals surface area contributed by atoms with E-state index < -0.39 is 6.04 Å². The molecule has 7 nitrogen and oxygen atoms in total. The molecule has 0 aliphatic heterocycles. The third-order valence-corrected chi connectivity index (χ3v) is 4.15. The van der Waals surface area contributed by atoms with Crippen molar-refractivity contribution in [1.82, 2.24) is 15.5 Å². The van der Waals surface area contributed by atoms with Gasteiger partial charge in [-0.25, -0.2) is 0 Å². The summed E-state index contributed by atoms with van der Waals surface area (Å²) in [5, 5.41) is 16.2. The highest BCUT2D eigenvalue weighted by atomic mass is 16.5. The van der Waals surface area contributed by atoms with Crippen LogP contribution in [0.3, 0.4) is 0 Å². The van der Waals surface area contributed by atoms with E-state index in [4.69, 9.17) is 8.94 Å². The summed E-state index contributed by atoms with van der Waals surface area (Å²) < 4.78 is 10.5. The molecule has 1 aliphatic rings. The molecule has 1 aromatic carbocycles. The third kappa shape index (κ3) is 3.32. The first-order valence-electron chi connectivity index (χ1n) is 8.14. The Morgan fingerprint density at radius 1 is 1.28 bits per heavy atom. The Kier molecular flexibility index (Phi) is 4.07.